The van der Waals surface area contributed by atoms with Crippen molar-refractivity contribution in [3.63, 3.8) is 0 Å². The quantitative estimate of drug-likeness (QED) is 0.723. The number of hydrogen-bond acceptors (Lipinski definition) is 4. The van der Waals surface area contributed by atoms with E-state index in [2.05, 4.69) is 5.32 Å². The van der Waals surface area contributed by atoms with Crippen LogP contribution in [-0.4, -0.2) is 37.4 Å². The average Bonchev–Trinajstić information content (AvgIpc) is 2.65. The zero-order chi connectivity index (χ0) is 20.9. The predicted molar refractivity (Wildman–Crippen MR) is 95.6 cm³/mol. The van der Waals surface area contributed by atoms with Crippen LogP contribution < -0.4 is 14.8 Å². The summed E-state index contributed by atoms with van der Waals surface area (Å²) in [7, 11) is 2.73. The van der Waals surface area contributed by atoms with Gasteiger partial charge in [-0.15, -0.1) is 0 Å². The molecule has 1 amide bonds. The van der Waals surface area contributed by atoms with Gasteiger partial charge in [0.1, 0.15) is 5.57 Å². The number of carboxylic acid groups (broad SMARTS) is 1. The van der Waals surface area contributed by atoms with Crippen molar-refractivity contribution in [2.75, 3.05) is 19.5 Å². The van der Waals surface area contributed by atoms with Gasteiger partial charge in [0.25, 0.3) is 5.91 Å². The van der Waals surface area contributed by atoms with Gasteiger partial charge in [0.2, 0.25) is 0 Å². The lowest BCUT2D eigenvalue weighted by molar-refractivity contribution is -0.126. The van der Waals surface area contributed by atoms with E-state index >= 15 is 0 Å². The molecule has 2 N–H and O–H groups in total. The highest BCUT2D eigenvalue weighted by molar-refractivity contribution is 6.08. The monoisotopic (exact) mass is 395 g/mol. The van der Waals surface area contributed by atoms with E-state index in [-0.39, 0.29) is 22.6 Å². The number of carbonyl (C=O) groups excluding carboxylic acids is 1. The van der Waals surface area contributed by atoms with Crippen LogP contribution in [0.4, 0.5) is 18.9 Å². The van der Waals surface area contributed by atoms with Crippen LogP contribution in [0.1, 0.15) is 15.9 Å². The molecule has 0 fully saturated rings. The van der Waals surface area contributed by atoms with Crippen molar-refractivity contribution in [1.82, 2.24) is 0 Å². The number of benzene rings is 2. The minimum Gasteiger partial charge on any atom is -0.493 e. The molecule has 2 rings (SSSR count). The Morgan fingerprint density at radius 1 is 1.04 bits per heavy atom. The molecule has 0 aromatic heterocycles. The first-order chi connectivity index (χ1) is 13.2. The Kier molecular flexibility index (Phi) is 6.29. The second kappa shape index (κ2) is 8.47. The van der Waals surface area contributed by atoms with Crippen molar-refractivity contribution in [1.29, 1.82) is 0 Å². The van der Waals surface area contributed by atoms with Crippen LogP contribution in [-0.2, 0) is 4.79 Å². The van der Waals surface area contributed by atoms with Gasteiger partial charge in [-0.05, 0) is 29.8 Å². The molecule has 2 aromatic rings. The van der Waals surface area contributed by atoms with Crippen LogP contribution in [0.5, 0.6) is 11.5 Å². The second-order valence-corrected chi connectivity index (χ2v) is 5.47. The summed E-state index contributed by atoms with van der Waals surface area (Å²) in [6.07, 6.45) is -4.51. The fraction of sp³-hybridized carbons (Fsp3) is 0.158. The molecule has 148 valence electrons. The summed E-state index contributed by atoms with van der Waals surface area (Å²) in [5.41, 5.74) is -2.10. The van der Waals surface area contributed by atoms with Crippen LogP contribution in [0.2, 0.25) is 0 Å². The Hall–Kier alpha value is -3.49. The third-order valence-electron chi connectivity index (χ3n) is 3.68. The van der Waals surface area contributed by atoms with Gasteiger partial charge in [0, 0.05) is 11.8 Å². The molecule has 0 spiro atoms. The standard InChI is InChI=1S/C19H16F3NO5/c1-27-15-8-7-12(10-16(15)28-2)23-17(24)14(19(20,21)22)9-11-5-3-4-6-13(11)18(25)26/h3-10H,1-2H3,(H,23,24)(H,25,26)/b14-9-. The molecule has 0 saturated heterocycles. The molecule has 0 atom stereocenters. The number of anilines is 1. The maximum Gasteiger partial charge on any atom is 0.421 e. The summed E-state index contributed by atoms with van der Waals surface area (Å²) >= 11 is 0. The minimum absolute atomic E-state index is 0.0457. The number of halogens is 3. The van der Waals surface area contributed by atoms with E-state index < -0.39 is 23.6 Å². The molecular formula is C19H16F3NO5. The van der Waals surface area contributed by atoms with Crippen molar-refractivity contribution < 1.29 is 37.3 Å². The van der Waals surface area contributed by atoms with Crippen LogP contribution >= 0.6 is 0 Å². The van der Waals surface area contributed by atoms with Gasteiger partial charge in [0.05, 0.1) is 19.8 Å². The van der Waals surface area contributed by atoms with Gasteiger partial charge in [-0.25, -0.2) is 4.79 Å². The van der Waals surface area contributed by atoms with Crippen LogP contribution in [0.15, 0.2) is 48.0 Å². The zero-order valence-corrected chi connectivity index (χ0v) is 14.8. The highest BCUT2D eigenvalue weighted by atomic mass is 19.4. The molecule has 0 aliphatic carbocycles. The van der Waals surface area contributed by atoms with E-state index in [1.54, 1.807) is 0 Å². The summed E-state index contributed by atoms with van der Waals surface area (Å²) in [6.45, 7) is 0. The summed E-state index contributed by atoms with van der Waals surface area (Å²) < 4.78 is 50.4. The minimum atomic E-state index is -5.01. The smallest absolute Gasteiger partial charge is 0.421 e. The van der Waals surface area contributed by atoms with Gasteiger partial charge in [-0.1, -0.05) is 18.2 Å². The van der Waals surface area contributed by atoms with E-state index in [9.17, 15) is 22.8 Å². The average molecular weight is 395 g/mol. The summed E-state index contributed by atoms with van der Waals surface area (Å²) in [4.78, 5) is 23.5. The van der Waals surface area contributed by atoms with Crippen molar-refractivity contribution in [2.45, 2.75) is 6.18 Å². The zero-order valence-electron chi connectivity index (χ0n) is 14.8. The lowest BCUT2D eigenvalue weighted by Gasteiger charge is -2.14. The molecule has 0 aliphatic heterocycles. The number of carboxylic acids is 1. The Bertz CT molecular complexity index is 922. The number of amides is 1. The SMILES string of the molecule is COc1ccc(NC(=O)/C(=C/c2ccccc2C(=O)O)C(F)(F)F)cc1OC. The maximum absolute atomic E-state index is 13.4. The Labute approximate surface area is 158 Å². The summed E-state index contributed by atoms with van der Waals surface area (Å²) in [6, 6.07) is 9.14. The van der Waals surface area contributed by atoms with Crippen LogP contribution in [0, 0.1) is 0 Å². The Balaban J connectivity index is 2.42. The van der Waals surface area contributed by atoms with Crippen LogP contribution in [0.25, 0.3) is 6.08 Å². The molecular weight excluding hydrogens is 379 g/mol. The van der Waals surface area contributed by atoms with Crippen molar-refractivity contribution >= 4 is 23.6 Å². The van der Waals surface area contributed by atoms with E-state index in [0.717, 1.165) is 6.07 Å². The largest absolute Gasteiger partial charge is 0.493 e. The third-order valence-corrected chi connectivity index (χ3v) is 3.68. The van der Waals surface area contributed by atoms with Gasteiger partial charge < -0.3 is 19.9 Å². The highest BCUT2D eigenvalue weighted by Crippen LogP contribution is 2.32. The molecule has 6 nitrogen and oxygen atoms in total. The molecule has 0 unspecified atom stereocenters. The lowest BCUT2D eigenvalue weighted by atomic mass is 10.0. The van der Waals surface area contributed by atoms with Gasteiger partial charge in [-0.3, -0.25) is 4.79 Å². The topological polar surface area (TPSA) is 84.9 Å². The normalized spacial score (nSPS) is 11.7. The number of carbonyl (C=O) groups is 2. The van der Waals surface area contributed by atoms with Crippen molar-refractivity contribution in [3.05, 3.63) is 59.2 Å². The first-order valence-corrected chi connectivity index (χ1v) is 7.82. The van der Waals surface area contributed by atoms with E-state index in [1.165, 1.54) is 50.6 Å². The number of ether oxygens (including phenoxy) is 2. The molecule has 0 bridgehead atoms. The van der Waals surface area contributed by atoms with Crippen molar-refractivity contribution in [3.8, 4) is 11.5 Å². The third kappa shape index (κ3) is 4.81. The number of nitrogens with one attached hydrogen (secondary N) is 1. The molecule has 9 heteroatoms. The van der Waals surface area contributed by atoms with Gasteiger partial charge in [-0.2, -0.15) is 13.2 Å². The molecule has 0 radical (unpaired) electrons. The van der Waals surface area contributed by atoms with Gasteiger partial charge >= 0.3 is 12.1 Å². The van der Waals surface area contributed by atoms with Crippen LogP contribution in [0.3, 0.4) is 0 Å². The predicted octanol–water partition coefficient (Wildman–Crippen LogP) is 3.99. The Morgan fingerprint density at radius 2 is 1.68 bits per heavy atom. The van der Waals surface area contributed by atoms with Crippen molar-refractivity contribution in [2.24, 2.45) is 0 Å². The van der Waals surface area contributed by atoms with E-state index in [0.29, 0.717) is 11.8 Å². The fourth-order valence-corrected chi connectivity index (χ4v) is 2.36. The highest BCUT2D eigenvalue weighted by Gasteiger charge is 2.39. The molecule has 0 aliphatic rings. The molecule has 0 saturated carbocycles. The van der Waals surface area contributed by atoms with E-state index in [1.807, 2.05) is 0 Å². The second-order valence-electron chi connectivity index (χ2n) is 5.47. The number of alkyl halides is 3. The number of aromatic carboxylic acids is 1. The number of rotatable bonds is 6. The fourth-order valence-electron chi connectivity index (χ4n) is 2.36. The molecule has 28 heavy (non-hydrogen) atoms. The number of hydrogen-bond donors (Lipinski definition) is 2. The lowest BCUT2D eigenvalue weighted by Crippen LogP contribution is -2.25. The van der Waals surface area contributed by atoms with E-state index in [4.69, 9.17) is 14.6 Å². The molecule has 2 aromatic carbocycles. The number of methoxy groups -OCH3 is 2. The Morgan fingerprint density at radius 3 is 2.25 bits per heavy atom. The molecule has 0 heterocycles. The first kappa shape index (κ1) is 20.8. The summed E-state index contributed by atoms with van der Waals surface area (Å²) in [5, 5.41) is 11.3. The maximum atomic E-state index is 13.4. The van der Waals surface area contributed by atoms with Gasteiger partial charge in [0.15, 0.2) is 11.5 Å². The first-order valence-electron chi connectivity index (χ1n) is 7.82. The summed E-state index contributed by atoms with van der Waals surface area (Å²) in [5.74, 6) is -2.30.